The molecule has 2 bridgehead atoms. The number of nitrogens with one attached hydrogen (secondary N) is 1. The molecule has 4 rings (SSSR count). The fraction of sp³-hybridized carbons (Fsp3) is 0.550. The van der Waals surface area contributed by atoms with Gasteiger partial charge in [0, 0.05) is 12.6 Å². The molecule has 1 saturated carbocycles. The molecule has 2 heterocycles. The Hall–Kier alpha value is -1.89. The Morgan fingerprint density at radius 1 is 1.33 bits per heavy atom. The summed E-state index contributed by atoms with van der Waals surface area (Å²) in [4.78, 5) is 19.2. The van der Waals surface area contributed by atoms with Crippen molar-refractivity contribution in [3.8, 4) is 11.4 Å². The molecule has 5 nitrogen and oxygen atoms in total. The van der Waals surface area contributed by atoms with Crippen molar-refractivity contribution >= 4 is 17.7 Å². The van der Waals surface area contributed by atoms with Crippen LogP contribution in [0.15, 0.2) is 29.4 Å². The standard InChI is InChI=1S/C20H25FN4OS/c1-19(2)8-13-9-20(3,11-19)12-25(13)16(26)10-27-18-22-17(23-24-18)14-6-4-5-7-15(14)21/h4-7,13H,8-12H2,1-3H3,(H,22,23,24)/t13-,20-/m1/s1. The van der Waals surface area contributed by atoms with Gasteiger partial charge in [0.2, 0.25) is 11.1 Å². The van der Waals surface area contributed by atoms with Crippen LogP contribution >= 0.6 is 11.8 Å². The van der Waals surface area contributed by atoms with Gasteiger partial charge in [0.25, 0.3) is 0 Å². The Balaban J connectivity index is 1.40. The number of H-pyrrole nitrogens is 1. The molecule has 2 fully saturated rings. The second kappa shape index (κ2) is 6.62. The number of thioether (sulfide) groups is 1. The monoisotopic (exact) mass is 388 g/mol. The van der Waals surface area contributed by atoms with Crippen molar-refractivity contribution in [2.45, 2.75) is 51.2 Å². The molecule has 1 aromatic heterocycles. The fourth-order valence-corrected chi connectivity index (χ4v) is 5.73. The summed E-state index contributed by atoms with van der Waals surface area (Å²) in [5.41, 5.74) is 0.903. The topological polar surface area (TPSA) is 61.9 Å². The van der Waals surface area contributed by atoms with E-state index in [1.165, 1.54) is 24.2 Å². The normalized spacial score (nSPS) is 26.4. The zero-order chi connectivity index (χ0) is 19.2. The molecule has 2 aromatic rings. The third kappa shape index (κ3) is 3.74. The van der Waals surface area contributed by atoms with Gasteiger partial charge in [-0.2, -0.15) is 0 Å². The van der Waals surface area contributed by atoms with Gasteiger partial charge in [-0.3, -0.25) is 9.89 Å². The molecule has 2 atom stereocenters. The number of aromatic amines is 1. The second-order valence-corrected chi connectivity index (χ2v) is 9.91. The Morgan fingerprint density at radius 3 is 2.89 bits per heavy atom. The van der Waals surface area contributed by atoms with Crippen molar-refractivity contribution in [1.29, 1.82) is 0 Å². The van der Waals surface area contributed by atoms with E-state index in [1.54, 1.807) is 18.2 Å². The maximum atomic E-state index is 13.9. The van der Waals surface area contributed by atoms with Crippen molar-refractivity contribution in [1.82, 2.24) is 20.1 Å². The predicted octanol–water partition coefficient (Wildman–Crippen LogP) is 4.13. The van der Waals surface area contributed by atoms with E-state index in [0.717, 1.165) is 19.4 Å². The number of nitrogens with zero attached hydrogens (tertiary/aromatic N) is 3. The molecule has 1 saturated heterocycles. The molecule has 1 aliphatic heterocycles. The van der Waals surface area contributed by atoms with E-state index in [0.29, 0.717) is 28.3 Å². The number of hydrogen-bond donors (Lipinski definition) is 1. The van der Waals surface area contributed by atoms with Crippen LogP contribution in [-0.2, 0) is 4.79 Å². The highest BCUT2D eigenvalue weighted by Gasteiger charge is 2.50. The molecule has 1 N–H and O–H groups in total. The maximum absolute atomic E-state index is 13.9. The summed E-state index contributed by atoms with van der Waals surface area (Å²) in [5, 5.41) is 7.36. The summed E-state index contributed by atoms with van der Waals surface area (Å²) in [6, 6.07) is 6.78. The first kappa shape index (κ1) is 18.5. The number of carbonyl (C=O) groups is 1. The molecule has 27 heavy (non-hydrogen) atoms. The van der Waals surface area contributed by atoms with E-state index in [4.69, 9.17) is 0 Å². The molecule has 1 aliphatic carbocycles. The van der Waals surface area contributed by atoms with Crippen molar-refractivity contribution < 1.29 is 9.18 Å². The van der Waals surface area contributed by atoms with Crippen molar-refractivity contribution in [3.63, 3.8) is 0 Å². The lowest BCUT2D eigenvalue weighted by Gasteiger charge is -2.39. The van der Waals surface area contributed by atoms with E-state index >= 15 is 0 Å². The lowest BCUT2D eigenvalue weighted by molar-refractivity contribution is -0.129. The minimum atomic E-state index is -0.346. The minimum Gasteiger partial charge on any atom is -0.338 e. The van der Waals surface area contributed by atoms with Gasteiger partial charge in [0.15, 0.2) is 5.82 Å². The molecule has 0 radical (unpaired) electrons. The molecule has 1 aromatic carbocycles. The van der Waals surface area contributed by atoms with E-state index < -0.39 is 0 Å². The summed E-state index contributed by atoms with van der Waals surface area (Å²) in [6.45, 7) is 7.75. The first-order valence-corrected chi connectivity index (χ1v) is 10.3. The Morgan fingerprint density at radius 2 is 2.11 bits per heavy atom. The van der Waals surface area contributed by atoms with Gasteiger partial charge in [-0.05, 0) is 42.2 Å². The first-order valence-electron chi connectivity index (χ1n) is 9.34. The molecule has 0 spiro atoms. The quantitative estimate of drug-likeness (QED) is 0.800. The number of hydrogen-bond acceptors (Lipinski definition) is 4. The third-order valence-corrected chi connectivity index (χ3v) is 6.49. The Bertz CT molecular complexity index is 867. The summed E-state index contributed by atoms with van der Waals surface area (Å²) >= 11 is 1.30. The molecule has 1 amide bonds. The first-order chi connectivity index (χ1) is 12.7. The zero-order valence-corrected chi connectivity index (χ0v) is 16.8. The van der Waals surface area contributed by atoms with E-state index in [2.05, 4.69) is 40.9 Å². The van der Waals surface area contributed by atoms with Gasteiger partial charge in [0.1, 0.15) is 5.82 Å². The van der Waals surface area contributed by atoms with Gasteiger partial charge in [-0.1, -0.05) is 44.7 Å². The van der Waals surface area contributed by atoms with Gasteiger partial charge >= 0.3 is 0 Å². The lowest BCUT2D eigenvalue weighted by Crippen LogP contribution is -2.38. The lowest BCUT2D eigenvalue weighted by atomic mass is 9.65. The zero-order valence-electron chi connectivity index (χ0n) is 16.0. The summed E-state index contributed by atoms with van der Waals surface area (Å²) in [5.74, 6) is 0.487. The summed E-state index contributed by atoms with van der Waals surface area (Å²) in [7, 11) is 0. The average molecular weight is 389 g/mol. The highest BCUT2D eigenvalue weighted by Crippen LogP contribution is 2.52. The van der Waals surface area contributed by atoms with Crippen LogP contribution in [0.4, 0.5) is 4.39 Å². The number of aromatic nitrogens is 3. The van der Waals surface area contributed by atoms with Crippen LogP contribution in [-0.4, -0.2) is 44.3 Å². The van der Waals surface area contributed by atoms with Gasteiger partial charge in [-0.25, -0.2) is 9.37 Å². The molecular formula is C20H25FN4OS. The molecule has 7 heteroatoms. The number of likely N-dealkylation sites (tertiary alicyclic amines) is 1. The maximum Gasteiger partial charge on any atom is 0.233 e. The fourth-order valence-electron chi connectivity index (χ4n) is 5.05. The van der Waals surface area contributed by atoms with Crippen molar-refractivity contribution in [2.75, 3.05) is 12.3 Å². The molecule has 0 unspecified atom stereocenters. The number of carbonyl (C=O) groups excluding carboxylic acids is 1. The largest absolute Gasteiger partial charge is 0.338 e. The van der Waals surface area contributed by atoms with Crippen molar-refractivity contribution in [2.24, 2.45) is 10.8 Å². The molecule has 2 aliphatic rings. The van der Waals surface area contributed by atoms with Crippen LogP contribution in [0.3, 0.4) is 0 Å². The number of amides is 1. The van der Waals surface area contributed by atoms with Gasteiger partial charge < -0.3 is 4.90 Å². The SMILES string of the molecule is CC1(C)C[C@@H]2C[C@@](C)(CN2C(=O)CSc2n[nH]c(-c3ccccc3F)n2)C1. The Labute approximate surface area is 163 Å². The number of fused-ring (bicyclic) bond motifs is 2. The van der Waals surface area contributed by atoms with E-state index in [-0.39, 0.29) is 22.6 Å². The molecular weight excluding hydrogens is 363 g/mol. The minimum absolute atomic E-state index is 0.142. The second-order valence-electron chi connectivity index (χ2n) is 8.97. The number of rotatable bonds is 4. The Kier molecular flexibility index (Phi) is 4.53. The number of benzene rings is 1. The summed E-state index contributed by atoms with van der Waals surface area (Å²) < 4.78 is 13.9. The van der Waals surface area contributed by atoms with Crippen LogP contribution < -0.4 is 0 Å². The highest BCUT2D eigenvalue weighted by molar-refractivity contribution is 7.99. The van der Waals surface area contributed by atoms with Crippen LogP contribution in [0.2, 0.25) is 0 Å². The van der Waals surface area contributed by atoms with Crippen LogP contribution in [0, 0.1) is 16.6 Å². The summed E-state index contributed by atoms with van der Waals surface area (Å²) in [6.07, 6.45) is 3.34. The van der Waals surface area contributed by atoms with Gasteiger partial charge in [-0.15, -0.1) is 5.10 Å². The highest BCUT2D eigenvalue weighted by atomic mass is 32.2. The van der Waals surface area contributed by atoms with Crippen LogP contribution in [0.1, 0.15) is 40.0 Å². The number of halogens is 1. The van der Waals surface area contributed by atoms with E-state index in [9.17, 15) is 9.18 Å². The molecule has 144 valence electrons. The predicted molar refractivity (Wildman–Crippen MR) is 104 cm³/mol. The average Bonchev–Trinajstić information content (AvgIpc) is 3.14. The van der Waals surface area contributed by atoms with Crippen molar-refractivity contribution in [3.05, 3.63) is 30.1 Å². The smallest absolute Gasteiger partial charge is 0.233 e. The van der Waals surface area contributed by atoms with E-state index in [1.807, 2.05) is 0 Å². The third-order valence-electron chi connectivity index (χ3n) is 5.65. The van der Waals surface area contributed by atoms with Crippen LogP contribution in [0.5, 0.6) is 0 Å². The van der Waals surface area contributed by atoms with Crippen LogP contribution in [0.25, 0.3) is 11.4 Å². The van der Waals surface area contributed by atoms with Gasteiger partial charge in [0.05, 0.1) is 11.3 Å².